The van der Waals surface area contributed by atoms with E-state index in [2.05, 4.69) is 0 Å². The van der Waals surface area contributed by atoms with E-state index in [4.69, 9.17) is 43.8 Å². The molecule has 0 rings (SSSR count). The van der Waals surface area contributed by atoms with Crippen molar-refractivity contribution < 1.29 is 99.4 Å². The van der Waals surface area contributed by atoms with E-state index in [1.165, 1.54) is 0 Å². The molecule has 0 spiro atoms. The minimum absolute atomic E-state index is 2.19. The van der Waals surface area contributed by atoms with Gasteiger partial charge in [0.05, 0.1) is 11.9 Å². The predicted octanol–water partition coefficient (Wildman–Crippen LogP) is -6.44. The van der Waals surface area contributed by atoms with Crippen LogP contribution in [0.4, 0.5) is 4.79 Å². The zero-order valence-corrected chi connectivity index (χ0v) is 15.3. The Morgan fingerprint density at radius 3 is 0.688 bits per heavy atom. The van der Waals surface area contributed by atoms with Gasteiger partial charge < -0.3 is 34.8 Å². The summed E-state index contributed by atoms with van der Waals surface area (Å²) in [6, 6.07) is 0. The van der Waals surface area contributed by atoms with Crippen LogP contribution in [0.15, 0.2) is 0 Å². The molecule has 16 heavy (non-hydrogen) atoms. The number of aliphatic carboxylic acids is 2. The summed E-state index contributed by atoms with van der Waals surface area (Å²) in [5.74, 6) is -4.37. The first-order valence-corrected chi connectivity index (χ1v) is 9.29. The zero-order chi connectivity index (χ0) is 14.1. The molecule has 0 saturated heterocycles. The molecule has 0 saturated carbocycles. The van der Waals surface area contributed by atoms with Gasteiger partial charge >= 0.3 is 64.6 Å². The van der Waals surface area contributed by atoms with Crippen molar-refractivity contribution in [2.75, 3.05) is 0 Å². The Labute approximate surface area is 116 Å². The molecule has 0 aromatic heterocycles. The normalized spacial score (nSPS) is 5.25. The third-order valence-corrected chi connectivity index (χ3v) is 0.167. The fourth-order valence-corrected chi connectivity index (χ4v) is 0. The summed E-state index contributed by atoms with van der Waals surface area (Å²) in [5.41, 5.74) is 0. The van der Waals surface area contributed by atoms with Gasteiger partial charge in [-0.3, -0.25) is 0 Å². The molecule has 0 bridgehead atoms. The average molecular weight is 688 g/mol. The van der Waals surface area contributed by atoms with Crippen LogP contribution >= 0.6 is 0 Å². The zero-order valence-electron chi connectivity index (χ0n) is 6.99. The van der Waals surface area contributed by atoms with Gasteiger partial charge in [0.25, 0.3) is 0 Å². The van der Waals surface area contributed by atoms with Gasteiger partial charge in [-0.05, 0) is 6.16 Å². The Kier molecular flexibility index (Phi) is 36.9. The summed E-state index contributed by atoms with van der Waals surface area (Å²) in [6.07, 6.45) is -2.33. The predicted molar refractivity (Wildman–Crippen MR) is 18.2 cm³/mol. The van der Waals surface area contributed by atoms with Crippen LogP contribution in [0.1, 0.15) is 0 Å². The topological polar surface area (TPSA) is 212 Å². The summed E-state index contributed by atoms with van der Waals surface area (Å²) in [6.45, 7) is 0. The van der Waals surface area contributed by atoms with Gasteiger partial charge in [-0.15, -0.1) is 0 Å². The van der Waals surface area contributed by atoms with Crippen molar-refractivity contribution in [3.8, 4) is 0 Å². The van der Waals surface area contributed by atoms with Gasteiger partial charge in [0, 0.05) is 0 Å². The summed E-state index contributed by atoms with van der Waals surface area (Å²) < 4.78 is 34.3. The second-order valence-electron chi connectivity index (χ2n) is 0.992. The molecular formula is C3O11U2. The molecule has 0 heterocycles. The SMILES string of the molecule is O=C([O-])C(=O)[O-].O=C([O-])[O-].[O]=[U+2]=[O].[O]=[U+2]=[O]. The molecule has 0 aromatic rings. The van der Waals surface area contributed by atoms with E-state index in [1.54, 1.807) is 0 Å². The number of hydrogen-bond acceptors (Lipinski definition) is 11. The molecule has 0 aromatic carbocycles. The van der Waals surface area contributed by atoms with Crippen LogP contribution in [0, 0.1) is 55.6 Å². The van der Waals surface area contributed by atoms with Gasteiger partial charge in [-0.25, -0.2) is 0 Å². The van der Waals surface area contributed by atoms with Crippen molar-refractivity contribution in [1.82, 2.24) is 0 Å². The van der Waals surface area contributed by atoms with Gasteiger partial charge in [0.15, 0.2) is 0 Å². The van der Waals surface area contributed by atoms with Crippen LogP contribution in [-0.4, -0.2) is 18.1 Å². The van der Waals surface area contributed by atoms with E-state index in [0.717, 1.165) is 0 Å². The van der Waals surface area contributed by atoms with Crippen molar-refractivity contribution in [2.24, 2.45) is 0 Å². The fraction of sp³-hybridized carbons (Fsp3) is 0. The maximum atomic E-state index is 8.93. The van der Waals surface area contributed by atoms with Crippen molar-refractivity contribution >= 4 is 18.1 Å². The molecular weight excluding hydrogens is 688 g/mol. The summed E-state index contributed by atoms with van der Waals surface area (Å²) >= 11 is -5.01. The molecule has 0 aliphatic heterocycles. The first-order valence-electron chi connectivity index (χ1n) is 2.50. The van der Waals surface area contributed by atoms with Crippen molar-refractivity contribution in [2.45, 2.75) is 0 Å². The summed E-state index contributed by atoms with van der Waals surface area (Å²) in [4.78, 5) is 26.2. The number of rotatable bonds is 0. The minimum atomic E-state index is -2.51. The molecule has 0 aliphatic rings. The molecule has 0 fully saturated rings. The fourth-order valence-electron chi connectivity index (χ4n) is 0. The second kappa shape index (κ2) is 24.0. The molecule has 86 valence electrons. The number of carbonyl (C=O) groups excluding carboxylic acids is 3. The molecule has 0 aliphatic carbocycles. The molecule has 0 atom stereocenters. The van der Waals surface area contributed by atoms with Crippen molar-refractivity contribution in [3.05, 3.63) is 0 Å². The van der Waals surface area contributed by atoms with Gasteiger partial charge in [-0.2, -0.15) is 0 Å². The number of hydrogen-bond donors (Lipinski definition) is 0. The van der Waals surface area contributed by atoms with Crippen LogP contribution in [0.25, 0.3) is 0 Å². The van der Waals surface area contributed by atoms with E-state index in [9.17, 15) is 0 Å². The van der Waals surface area contributed by atoms with E-state index >= 15 is 0 Å². The summed E-state index contributed by atoms with van der Waals surface area (Å²) in [5, 5.41) is 34.5. The van der Waals surface area contributed by atoms with Crippen LogP contribution < -0.4 is 20.4 Å². The first kappa shape index (κ1) is 24.7. The number of carboxylic acid groups (broad SMARTS) is 4. The van der Waals surface area contributed by atoms with Crippen LogP contribution in [0.2, 0.25) is 0 Å². The van der Waals surface area contributed by atoms with Gasteiger partial charge in [-0.1, -0.05) is 0 Å². The van der Waals surface area contributed by atoms with Crippen molar-refractivity contribution in [1.29, 1.82) is 0 Å². The number of carbonyl (C=O) groups is 3. The Bertz CT molecular complexity index is 254. The van der Waals surface area contributed by atoms with Gasteiger partial charge in [0.1, 0.15) is 0 Å². The second-order valence-corrected chi connectivity index (χ2v) is 2.38. The number of carboxylic acids is 2. The Morgan fingerprint density at radius 2 is 0.688 bits per heavy atom. The first-order chi connectivity index (χ1) is 7.20. The third-order valence-electron chi connectivity index (χ3n) is 0.167. The molecule has 0 unspecified atom stereocenters. The molecule has 11 nitrogen and oxygen atoms in total. The average Bonchev–Trinajstić information content (AvgIpc) is 2.05. The monoisotopic (exact) mass is 688 g/mol. The Morgan fingerprint density at radius 1 is 0.625 bits per heavy atom. The van der Waals surface area contributed by atoms with Crippen LogP contribution in [-0.2, 0) is 18.5 Å². The Hall–Kier alpha value is -0.486. The van der Waals surface area contributed by atoms with Gasteiger partial charge in [0.2, 0.25) is 0 Å². The van der Waals surface area contributed by atoms with E-state index in [0.29, 0.717) is 0 Å². The quantitative estimate of drug-likeness (QED) is 0.219. The van der Waals surface area contributed by atoms with Crippen LogP contribution in [0.3, 0.4) is 0 Å². The standard InChI is InChI=1S/C2H2O4.CH2O3.4O.2U/c3-1(4)2(5)6;2-1(3)4;;;;;;/h(H,3,4)(H,5,6);(H2,2,3,4);;;;;;/q;;;;;;2*+2/p-4. The third kappa shape index (κ3) is 171. The maximum absolute atomic E-state index is 8.93. The van der Waals surface area contributed by atoms with E-state index in [1.807, 2.05) is 0 Å². The van der Waals surface area contributed by atoms with Crippen LogP contribution in [0.5, 0.6) is 0 Å². The summed E-state index contributed by atoms with van der Waals surface area (Å²) in [7, 11) is 0. The van der Waals surface area contributed by atoms with Crippen molar-refractivity contribution in [3.63, 3.8) is 0 Å². The Balaban J connectivity index is -0.0000000635. The van der Waals surface area contributed by atoms with E-state index in [-0.39, 0.29) is 0 Å². The molecule has 0 amide bonds. The van der Waals surface area contributed by atoms with E-state index < -0.39 is 73.7 Å². The molecule has 13 heteroatoms. The molecule has 0 radical (unpaired) electrons. The molecule has 0 N–H and O–H groups in total.